The Morgan fingerprint density at radius 1 is 0.844 bits per heavy atom. The van der Waals surface area contributed by atoms with Gasteiger partial charge < -0.3 is 10.4 Å². The summed E-state index contributed by atoms with van der Waals surface area (Å²) in [6, 6.07) is 23.8. The molecule has 4 rings (SSSR count). The first-order valence-electron chi connectivity index (χ1n) is 10.1. The zero-order valence-electron chi connectivity index (χ0n) is 17.3. The second-order valence-corrected chi connectivity index (χ2v) is 7.39. The van der Waals surface area contributed by atoms with Crippen molar-refractivity contribution in [2.75, 3.05) is 0 Å². The van der Waals surface area contributed by atoms with Crippen molar-refractivity contribution in [1.82, 2.24) is 15.1 Å². The van der Waals surface area contributed by atoms with Gasteiger partial charge in [0.1, 0.15) is 6.04 Å². The van der Waals surface area contributed by atoms with Gasteiger partial charge in [-0.05, 0) is 24.1 Å². The zero-order chi connectivity index (χ0) is 22.7. The Hall–Kier alpha value is -4.26. The molecule has 2 N–H and O–H groups in total. The average Bonchev–Trinajstić information content (AvgIpc) is 2.83. The van der Waals surface area contributed by atoms with Gasteiger partial charge in [-0.1, -0.05) is 78.9 Å². The molecule has 0 aliphatic heterocycles. The minimum Gasteiger partial charge on any atom is -0.476 e. The van der Waals surface area contributed by atoms with Crippen LogP contribution in [0.2, 0.25) is 0 Å². The normalized spacial score (nSPS) is 11.9. The Kier molecular flexibility index (Phi) is 5.81. The number of hydrogen-bond acceptors (Lipinski definition) is 4. The van der Waals surface area contributed by atoms with E-state index in [1.165, 1.54) is 19.1 Å². The molecule has 7 heteroatoms. The van der Waals surface area contributed by atoms with Gasteiger partial charge in [-0.25, -0.2) is 9.48 Å². The van der Waals surface area contributed by atoms with Gasteiger partial charge in [-0.3, -0.25) is 9.59 Å². The second-order valence-electron chi connectivity index (χ2n) is 7.39. The lowest BCUT2D eigenvalue weighted by molar-refractivity contribution is -0.124. The van der Waals surface area contributed by atoms with Gasteiger partial charge in [-0.2, -0.15) is 5.10 Å². The number of nitrogens with one attached hydrogen (secondary N) is 1. The van der Waals surface area contributed by atoms with Crippen LogP contribution in [0.3, 0.4) is 0 Å². The van der Waals surface area contributed by atoms with Gasteiger partial charge in [0.2, 0.25) is 5.91 Å². The standard InChI is InChI=1S/C25H21N3O4/c1-16(28-24(30)20-15-9-8-14-19(20)22(27-28)25(31)32)23(29)26-21(17-10-4-2-5-11-17)18-12-6-3-7-13-18/h2-16,21H,1H3,(H,26,29)(H,31,32)/t16-/m0/s1. The van der Waals surface area contributed by atoms with Crippen LogP contribution in [0, 0.1) is 0 Å². The third-order valence-electron chi connectivity index (χ3n) is 5.33. The Morgan fingerprint density at radius 2 is 1.34 bits per heavy atom. The van der Waals surface area contributed by atoms with Gasteiger partial charge in [0.15, 0.2) is 5.69 Å². The van der Waals surface area contributed by atoms with Gasteiger partial charge in [-0.15, -0.1) is 0 Å². The summed E-state index contributed by atoms with van der Waals surface area (Å²) in [5.41, 5.74) is 0.959. The number of carboxylic acid groups (broad SMARTS) is 1. The molecule has 0 saturated heterocycles. The molecule has 32 heavy (non-hydrogen) atoms. The van der Waals surface area contributed by atoms with Crippen LogP contribution in [0.25, 0.3) is 10.8 Å². The van der Waals surface area contributed by atoms with Crippen LogP contribution < -0.4 is 10.9 Å². The van der Waals surface area contributed by atoms with E-state index in [9.17, 15) is 19.5 Å². The summed E-state index contributed by atoms with van der Waals surface area (Å²) in [5, 5.41) is 17.0. The van der Waals surface area contributed by atoms with Gasteiger partial charge in [0.25, 0.3) is 5.56 Å². The Morgan fingerprint density at radius 3 is 1.88 bits per heavy atom. The molecule has 0 unspecified atom stereocenters. The first-order chi connectivity index (χ1) is 15.5. The number of aromatic nitrogens is 2. The van der Waals surface area contributed by atoms with E-state index in [1.807, 2.05) is 60.7 Å². The molecule has 1 heterocycles. The summed E-state index contributed by atoms with van der Waals surface area (Å²) in [6.07, 6.45) is 0. The van der Waals surface area contributed by atoms with Crippen molar-refractivity contribution in [2.45, 2.75) is 19.0 Å². The quantitative estimate of drug-likeness (QED) is 0.490. The summed E-state index contributed by atoms with van der Waals surface area (Å²) < 4.78 is 0.939. The number of fused-ring (bicyclic) bond motifs is 1. The van der Waals surface area contributed by atoms with Crippen molar-refractivity contribution in [2.24, 2.45) is 0 Å². The first kappa shape index (κ1) is 21.0. The van der Waals surface area contributed by atoms with E-state index in [0.717, 1.165) is 15.8 Å². The van der Waals surface area contributed by atoms with Crippen LogP contribution in [0.1, 0.15) is 40.6 Å². The largest absolute Gasteiger partial charge is 0.476 e. The minimum atomic E-state index is -1.27. The number of carbonyl (C=O) groups is 2. The Labute approximate surface area is 183 Å². The summed E-state index contributed by atoms with van der Waals surface area (Å²) in [5.74, 6) is -1.72. The van der Waals surface area contributed by atoms with Crippen LogP contribution in [0.4, 0.5) is 0 Å². The van der Waals surface area contributed by atoms with Gasteiger partial charge in [0, 0.05) is 5.39 Å². The molecule has 160 valence electrons. The first-order valence-corrected chi connectivity index (χ1v) is 10.1. The molecular weight excluding hydrogens is 406 g/mol. The summed E-state index contributed by atoms with van der Waals surface area (Å²) in [7, 11) is 0. The lowest BCUT2D eigenvalue weighted by atomic mass is 9.98. The number of hydrogen-bond donors (Lipinski definition) is 2. The van der Waals surface area contributed by atoms with E-state index in [-0.39, 0.29) is 16.5 Å². The van der Waals surface area contributed by atoms with E-state index < -0.39 is 29.5 Å². The Balaban J connectivity index is 1.73. The number of amides is 1. The third kappa shape index (κ3) is 4.00. The maximum Gasteiger partial charge on any atom is 0.357 e. The molecule has 0 spiro atoms. The van der Waals surface area contributed by atoms with Crippen LogP contribution in [-0.2, 0) is 4.79 Å². The number of aromatic carboxylic acids is 1. The molecule has 1 aromatic heterocycles. The van der Waals surface area contributed by atoms with Crippen LogP contribution in [0.15, 0.2) is 89.7 Å². The molecule has 0 aliphatic rings. The van der Waals surface area contributed by atoms with Crippen molar-refractivity contribution in [3.8, 4) is 0 Å². The SMILES string of the molecule is C[C@@H](C(=O)NC(c1ccccc1)c1ccccc1)n1nc(C(=O)O)c2ccccc2c1=O. The summed E-state index contributed by atoms with van der Waals surface area (Å²) in [6.45, 7) is 1.52. The predicted molar refractivity (Wildman–Crippen MR) is 121 cm³/mol. The molecular formula is C25H21N3O4. The van der Waals surface area contributed by atoms with E-state index in [1.54, 1.807) is 12.1 Å². The highest BCUT2D eigenvalue weighted by Gasteiger charge is 2.25. The fourth-order valence-electron chi connectivity index (χ4n) is 3.65. The molecule has 0 radical (unpaired) electrons. The molecule has 1 amide bonds. The highest BCUT2D eigenvalue weighted by molar-refractivity contribution is 6.01. The van der Waals surface area contributed by atoms with E-state index >= 15 is 0 Å². The van der Waals surface area contributed by atoms with Crippen LogP contribution >= 0.6 is 0 Å². The van der Waals surface area contributed by atoms with E-state index in [0.29, 0.717) is 0 Å². The number of carbonyl (C=O) groups excluding carboxylic acids is 1. The number of carboxylic acids is 1. The fourth-order valence-corrected chi connectivity index (χ4v) is 3.65. The maximum absolute atomic E-state index is 13.2. The highest BCUT2D eigenvalue weighted by Crippen LogP contribution is 2.23. The number of nitrogens with zero attached hydrogens (tertiary/aromatic N) is 2. The Bertz CT molecular complexity index is 1290. The van der Waals surface area contributed by atoms with Crippen molar-refractivity contribution in [1.29, 1.82) is 0 Å². The maximum atomic E-state index is 13.2. The number of rotatable bonds is 6. The summed E-state index contributed by atoms with van der Waals surface area (Å²) >= 11 is 0. The molecule has 0 aliphatic carbocycles. The molecule has 7 nitrogen and oxygen atoms in total. The molecule has 3 aromatic carbocycles. The van der Waals surface area contributed by atoms with Crippen LogP contribution in [0.5, 0.6) is 0 Å². The molecule has 0 bridgehead atoms. The monoisotopic (exact) mass is 427 g/mol. The molecule has 4 aromatic rings. The van der Waals surface area contributed by atoms with E-state index in [2.05, 4.69) is 10.4 Å². The lowest BCUT2D eigenvalue weighted by Gasteiger charge is -2.23. The van der Waals surface area contributed by atoms with Gasteiger partial charge >= 0.3 is 5.97 Å². The van der Waals surface area contributed by atoms with Crippen molar-refractivity contribution in [3.63, 3.8) is 0 Å². The highest BCUT2D eigenvalue weighted by atomic mass is 16.4. The topological polar surface area (TPSA) is 101 Å². The van der Waals surface area contributed by atoms with Crippen molar-refractivity contribution >= 4 is 22.6 Å². The molecule has 0 fully saturated rings. The predicted octanol–water partition coefficient (Wildman–Crippen LogP) is 3.56. The smallest absolute Gasteiger partial charge is 0.357 e. The van der Waals surface area contributed by atoms with Crippen molar-refractivity contribution in [3.05, 3.63) is 112 Å². The van der Waals surface area contributed by atoms with Crippen LogP contribution in [-0.4, -0.2) is 26.8 Å². The fraction of sp³-hybridized carbons (Fsp3) is 0.120. The minimum absolute atomic E-state index is 0.196. The second kappa shape index (κ2) is 8.85. The van der Waals surface area contributed by atoms with E-state index in [4.69, 9.17) is 0 Å². The van der Waals surface area contributed by atoms with Gasteiger partial charge in [0.05, 0.1) is 11.4 Å². The number of benzene rings is 3. The molecule has 0 saturated carbocycles. The molecule has 1 atom stereocenters. The third-order valence-corrected chi connectivity index (χ3v) is 5.33. The average molecular weight is 427 g/mol. The summed E-state index contributed by atoms with van der Waals surface area (Å²) in [4.78, 5) is 38.0. The zero-order valence-corrected chi connectivity index (χ0v) is 17.3. The lowest BCUT2D eigenvalue weighted by Crippen LogP contribution is -2.39. The van der Waals surface area contributed by atoms with Crippen molar-refractivity contribution < 1.29 is 14.7 Å².